The van der Waals surface area contributed by atoms with Gasteiger partial charge in [-0.05, 0) is 30.4 Å². The Bertz CT molecular complexity index is 1080. The molecule has 8 nitrogen and oxygen atoms in total. The topological polar surface area (TPSA) is 94.2 Å². The SMILES string of the molecule is O=C(Nc1ccc(-n2c(O)c3n(c2=S)CCOC3)c(Cl)c1)c1cnccn1. The number of anilines is 1. The van der Waals surface area contributed by atoms with E-state index < -0.39 is 5.91 Å². The molecule has 0 unspecified atom stereocenters. The number of hydrogen-bond donors (Lipinski definition) is 2. The fourth-order valence-electron chi connectivity index (χ4n) is 2.87. The fourth-order valence-corrected chi connectivity index (χ4v) is 3.52. The summed E-state index contributed by atoms with van der Waals surface area (Å²) in [6.07, 6.45) is 4.30. The number of hydrogen-bond acceptors (Lipinski definition) is 6. The van der Waals surface area contributed by atoms with Crippen LogP contribution in [0.3, 0.4) is 0 Å². The molecule has 0 radical (unpaired) electrons. The summed E-state index contributed by atoms with van der Waals surface area (Å²) in [6.45, 7) is 1.39. The average Bonchev–Trinajstić information content (AvgIpc) is 2.94. The number of carbonyl (C=O) groups excluding carboxylic acids is 1. The maximum atomic E-state index is 12.2. The normalized spacial score (nSPS) is 13.2. The van der Waals surface area contributed by atoms with Crippen LogP contribution < -0.4 is 5.32 Å². The van der Waals surface area contributed by atoms with Crippen molar-refractivity contribution in [3.8, 4) is 11.6 Å². The van der Waals surface area contributed by atoms with E-state index in [9.17, 15) is 9.90 Å². The molecule has 27 heavy (non-hydrogen) atoms. The van der Waals surface area contributed by atoms with Gasteiger partial charge in [-0.3, -0.25) is 14.3 Å². The highest BCUT2D eigenvalue weighted by atomic mass is 35.5. The van der Waals surface area contributed by atoms with E-state index in [4.69, 9.17) is 28.6 Å². The number of halogens is 1. The lowest BCUT2D eigenvalue weighted by atomic mass is 10.2. The molecule has 0 fully saturated rings. The summed E-state index contributed by atoms with van der Waals surface area (Å²) < 4.78 is 9.14. The Hall–Kier alpha value is -2.75. The monoisotopic (exact) mass is 403 g/mol. The summed E-state index contributed by atoms with van der Waals surface area (Å²) in [6, 6.07) is 4.93. The Balaban J connectivity index is 1.66. The number of ether oxygens (including phenoxy) is 1. The van der Waals surface area contributed by atoms with Crippen LogP contribution in [0, 0.1) is 4.77 Å². The lowest BCUT2D eigenvalue weighted by Gasteiger charge is -2.14. The van der Waals surface area contributed by atoms with Gasteiger partial charge >= 0.3 is 0 Å². The lowest BCUT2D eigenvalue weighted by Crippen LogP contribution is -2.16. The van der Waals surface area contributed by atoms with Gasteiger partial charge < -0.3 is 19.7 Å². The summed E-state index contributed by atoms with van der Waals surface area (Å²) in [5, 5.41) is 13.6. The minimum absolute atomic E-state index is 0.00190. The summed E-state index contributed by atoms with van der Waals surface area (Å²) in [7, 11) is 0. The molecule has 0 spiro atoms. The Morgan fingerprint density at radius 2 is 2.22 bits per heavy atom. The fraction of sp³-hybridized carbons (Fsp3) is 0.176. The van der Waals surface area contributed by atoms with E-state index in [-0.39, 0.29) is 18.2 Å². The van der Waals surface area contributed by atoms with Crippen molar-refractivity contribution in [1.29, 1.82) is 0 Å². The van der Waals surface area contributed by atoms with E-state index in [2.05, 4.69) is 15.3 Å². The van der Waals surface area contributed by atoms with Crippen LogP contribution in [0.2, 0.25) is 5.02 Å². The van der Waals surface area contributed by atoms with Crippen LogP contribution >= 0.6 is 23.8 Å². The van der Waals surface area contributed by atoms with Gasteiger partial charge in [0.2, 0.25) is 5.88 Å². The molecule has 0 bridgehead atoms. The minimum Gasteiger partial charge on any atom is -0.493 e. The number of nitrogens with one attached hydrogen (secondary N) is 1. The molecule has 0 saturated carbocycles. The molecule has 1 amide bonds. The smallest absolute Gasteiger partial charge is 0.275 e. The Morgan fingerprint density at radius 3 is 2.93 bits per heavy atom. The first kappa shape index (κ1) is 17.7. The second-order valence-electron chi connectivity index (χ2n) is 5.80. The highest BCUT2D eigenvalue weighted by molar-refractivity contribution is 7.71. The number of fused-ring (bicyclic) bond motifs is 1. The van der Waals surface area contributed by atoms with Crippen molar-refractivity contribution in [2.24, 2.45) is 0 Å². The van der Waals surface area contributed by atoms with E-state index in [1.54, 1.807) is 18.2 Å². The molecule has 3 heterocycles. The quantitative estimate of drug-likeness (QED) is 0.653. The molecule has 0 atom stereocenters. The predicted octanol–water partition coefficient (Wildman–Crippen LogP) is 2.94. The standard InChI is InChI=1S/C17H14ClN5O3S/c18-11-7-10(21-15(24)12-8-19-3-4-20-12)1-2-13(11)23-16(25)14-9-26-6-5-22(14)17(23)27/h1-4,7-8,25H,5-6,9H2,(H,21,24). The van der Waals surface area contributed by atoms with Crippen LogP contribution in [0.5, 0.6) is 5.88 Å². The van der Waals surface area contributed by atoms with E-state index in [0.717, 1.165) is 0 Å². The van der Waals surface area contributed by atoms with E-state index in [1.165, 1.54) is 23.2 Å². The van der Waals surface area contributed by atoms with Gasteiger partial charge in [0.25, 0.3) is 5.91 Å². The van der Waals surface area contributed by atoms with Gasteiger partial charge in [0.05, 0.1) is 30.1 Å². The summed E-state index contributed by atoms with van der Waals surface area (Å²) in [4.78, 5) is 20.0. The number of aromatic nitrogens is 4. The summed E-state index contributed by atoms with van der Waals surface area (Å²) in [5.74, 6) is -0.402. The van der Waals surface area contributed by atoms with Gasteiger partial charge in [0.15, 0.2) is 4.77 Å². The average molecular weight is 404 g/mol. The molecule has 0 saturated heterocycles. The van der Waals surface area contributed by atoms with E-state index >= 15 is 0 Å². The van der Waals surface area contributed by atoms with Crippen LogP contribution in [-0.4, -0.2) is 36.7 Å². The number of nitrogens with zero attached hydrogens (tertiary/aromatic N) is 4. The number of benzene rings is 1. The Morgan fingerprint density at radius 1 is 1.37 bits per heavy atom. The van der Waals surface area contributed by atoms with Crippen molar-refractivity contribution < 1.29 is 14.6 Å². The molecule has 1 aliphatic heterocycles. The van der Waals surface area contributed by atoms with Crippen molar-refractivity contribution in [1.82, 2.24) is 19.1 Å². The van der Waals surface area contributed by atoms with Crippen LogP contribution in [-0.2, 0) is 17.9 Å². The van der Waals surface area contributed by atoms with E-state index in [1.807, 2.05) is 4.57 Å². The molecular formula is C17H14ClN5O3S. The summed E-state index contributed by atoms with van der Waals surface area (Å²) in [5.41, 5.74) is 1.80. The molecule has 10 heteroatoms. The first-order valence-corrected chi connectivity index (χ1v) is 8.83. The van der Waals surface area contributed by atoms with E-state index in [0.29, 0.717) is 40.0 Å². The predicted molar refractivity (Wildman–Crippen MR) is 101 cm³/mol. The Kier molecular flexibility index (Phi) is 4.65. The zero-order chi connectivity index (χ0) is 19.0. The van der Waals surface area contributed by atoms with Crippen LogP contribution in [0.15, 0.2) is 36.8 Å². The number of carbonyl (C=O) groups is 1. The van der Waals surface area contributed by atoms with Crippen LogP contribution in [0.4, 0.5) is 5.69 Å². The van der Waals surface area contributed by atoms with Crippen molar-refractivity contribution in [2.75, 3.05) is 11.9 Å². The van der Waals surface area contributed by atoms with Gasteiger partial charge in [-0.1, -0.05) is 11.6 Å². The zero-order valence-corrected chi connectivity index (χ0v) is 15.5. The second kappa shape index (κ2) is 7.10. The maximum absolute atomic E-state index is 12.2. The van der Waals surface area contributed by atoms with Gasteiger partial charge in [0.1, 0.15) is 11.4 Å². The van der Waals surface area contributed by atoms with Crippen molar-refractivity contribution in [2.45, 2.75) is 13.2 Å². The molecule has 1 aliphatic rings. The zero-order valence-electron chi connectivity index (χ0n) is 13.9. The molecule has 1 aromatic carbocycles. The lowest BCUT2D eigenvalue weighted by molar-refractivity contribution is 0.0825. The molecule has 138 valence electrons. The molecule has 4 rings (SSSR count). The third-order valence-electron chi connectivity index (χ3n) is 4.16. The highest BCUT2D eigenvalue weighted by Gasteiger charge is 2.22. The largest absolute Gasteiger partial charge is 0.493 e. The number of imidazole rings is 1. The molecule has 3 aromatic rings. The third-order valence-corrected chi connectivity index (χ3v) is 4.86. The highest BCUT2D eigenvalue weighted by Crippen LogP contribution is 2.32. The van der Waals surface area contributed by atoms with Gasteiger partial charge in [0, 0.05) is 24.6 Å². The Labute approximate surface area is 164 Å². The van der Waals surface area contributed by atoms with Crippen molar-refractivity contribution >= 4 is 35.4 Å². The van der Waals surface area contributed by atoms with Crippen LogP contribution in [0.1, 0.15) is 16.2 Å². The number of amides is 1. The molecule has 2 aromatic heterocycles. The van der Waals surface area contributed by atoms with Gasteiger partial charge in [-0.25, -0.2) is 4.98 Å². The van der Waals surface area contributed by atoms with Crippen LogP contribution in [0.25, 0.3) is 5.69 Å². The summed E-state index contributed by atoms with van der Waals surface area (Å²) >= 11 is 11.9. The second-order valence-corrected chi connectivity index (χ2v) is 6.58. The first-order chi connectivity index (χ1) is 13.1. The third kappa shape index (κ3) is 3.20. The van der Waals surface area contributed by atoms with Crippen molar-refractivity contribution in [3.05, 3.63) is 58.0 Å². The molecular weight excluding hydrogens is 390 g/mol. The minimum atomic E-state index is -0.400. The van der Waals surface area contributed by atoms with Crippen molar-refractivity contribution in [3.63, 3.8) is 0 Å². The van der Waals surface area contributed by atoms with Gasteiger partial charge in [-0.2, -0.15) is 0 Å². The van der Waals surface area contributed by atoms with Gasteiger partial charge in [-0.15, -0.1) is 0 Å². The first-order valence-electron chi connectivity index (χ1n) is 8.04. The molecule has 2 N–H and O–H groups in total. The maximum Gasteiger partial charge on any atom is 0.275 e. The molecule has 0 aliphatic carbocycles. The number of rotatable bonds is 3. The number of aromatic hydroxyl groups is 1.